The third kappa shape index (κ3) is 3.54. The molecule has 0 aromatic heterocycles. The van der Waals surface area contributed by atoms with E-state index in [4.69, 9.17) is 10.00 Å². The molecule has 2 aromatic rings. The minimum Gasteiger partial charge on any atom is -0.493 e. The van der Waals surface area contributed by atoms with Crippen molar-refractivity contribution < 1.29 is 4.74 Å². The molecule has 0 bridgehead atoms. The lowest BCUT2D eigenvalue weighted by molar-refractivity contribution is 0.344. The molecule has 0 amide bonds. The van der Waals surface area contributed by atoms with E-state index < -0.39 is 0 Å². The van der Waals surface area contributed by atoms with Crippen molar-refractivity contribution in [3.63, 3.8) is 0 Å². The molecule has 0 aliphatic heterocycles. The average molecular weight is 255 g/mol. The molecule has 2 aromatic carbocycles. The van der Waals surface area contributed by atoms with Crippen LogP contribution in [0.25, 0.3) is 11.1 Å². The molecule has 90 valence electrons. The summed E-state index contributed by atoms with van der Waals surface area (Å²) in [7, 11) is 0. The number of thiocyanates is 1. The van der Waals surface area contributed by atoms with Crippen molar-refractivity contribution in [1.29, 1.82) is 5.26 Å². The molecule has 0 aliphatic rings. The molecule has 0 unspecified atom stereocenters. The van der Waals surface area contributed by atoms with Gasteiger partial charge in [-0.05, 0) is 35.0 Å². The monoisotopic (exact) mass is 255 g/mol. The van der Waals surface area contributed by atoms with Gasteiger partial charge in [-0.3, -0.25) is 0 Å². The van der Waals surface area contributed by atoms with Crippen molar-refractivity contribution in [2.45, 2.75) is 0 Å². The summed E-state index contributed by atoms with van der Waals surface area (Å²) in [6, 6.07) is 18.2. The third-order valence-electron chi connectivity index (χ3n) is 2.46. The van der Waals surface area contributed by atoms with Crippen LogP contribution in [-0.4, -0.2) is 12.4 Å². The number of thioether (sulfide) groups is 1. The highest BCUT2D eigenvalue weighted by molar-refractivity contribution is 8.03. The summed E-state index contributed by atoms with van der Waals surface area (Å²) in [5, 5.41) is 10.4. The third-order valence-corrected chi connectivity index (χ3v) is 2.96. The number of ether oxygens (including phenoxy) is 1. The van der Waals surface area contributed by atoms with Gasteiger partial charge in [-0.2, -0.15) is 5.26 Å². The molecule has 0 fully saturated rings. The van der Waals surface area contributed by atoms with Gasteiger partial charge < -0.3 is 4.74 Å². The smallest absolute Gasteiger partial charge is 0.133 e. The van der Waals surface area contributed by atoms with Crippen LogP contribution >= 0.6 is 11.8 Å². The Morgan fingerprint density at radius 1 is 1.00 bits per heavy atom. The first kappa shape index (κ1) is 12.5. The number of nitriles is 1. The molecule has 0 heterocycles. The topological polar surface area (TPSA) is 33.0 Å². The second-order valence-corrected chi connectivity index (χ2v) is 4.56. The summed E-state index contributed by atoms with van der Waals surface area (Å²) in [6.45, 7) is 0.552. The normalized spacial score (nSPS) is 9.72. The molecule has 0 radical (unpaired) electrons. The van der Waals surface area contributed by atoms with Gasteiger partial charge in [0.1, 0.15) is 11.2 Å². The zero-order chi connectivity index (χ0) is 12.6. The van der Waals surface area contributed by atoms with Gasteiger partial charge in [-0.25, -0.2) is 0 Å². The lowest BCUT2D eigenvalue weighted by atomic mass is 10.1. The van der Waals surface area contributed by atoms with Gasteiger partial charge in [-0.15, -0.1) is 0 Å². The van der Waals surface area contributed by atoms with Crippen LogP contribution in [0.15, 0.2) is 54.6 Å². The molecule has 0 spiro atoms. The second-order valence-electron chi connectivity index (χ2n) is 3.68. The Labute approximate surface area is 111 Å². The number of rotatable bonds is 5. The van der Waals surface area contributed by atoms with Crippen LogP contribution in [0, 0.1) is 10.7 Å². The Bertz CT molecular complexity index is 534. The number of hydrogen-bond donors (Lipinski definition) is 0. The van der Waals surface area contributed by atoms with Gasteiger partial charge in [0.15, 0.2) is 0 Å². The van der Waals surface area contributed by atoms with E-state index in [9.17, 15) is 0 Å². The van der Waals surface area contributed by atoms with Gasteiger partial charge in [-0.1, -0.05) is 42.5 Å². The molecule has 2 nitrogen and oxygen atoms in total. The van der Waals surface area contributed by atoms with Crippen LogP contribution in [-0.2, 0) is 0 Å². The van der Waals surface area contributed by atoms with E-state index in [0.29, 0.717) is 12.4 Å². The van der Waals surface area contributed by atoms with E-state index in [2.05, 4.69) is 18.2 Å². The van der Waals surface area contributed by atoms with Crippen LogP contribution in [0.5, 0.6) is 5.75 Å². The molecular weight excluding hydrogens is 242 g/mol. The summed E-state index contributed by atoms with van der Waals surface area (Å²) in [4.78, 5) is 0. The zero-order valence-electron chi connectivity index (χ0n) is 9.87. The molecule has 2 rings (SSSR count). The van der Waals surface area contributed by atoms with E-state index >= 15 is 0 Å². The first-order valence-corrected chi connectivity index (χ1v) is 6.68. The Balaban J connectivity index is 2.04. The van der Waals surface area contributed by atoms with Crippen LogP contribution in [0.3, 0.4) is 0 Å². The Kier molecular flexibility index (Phi) is 4.68. The van der Waals surface area contributed by atoms with E-state index in [-0.39, 0.29) is 0 Å². The fraction of sp³-hybridized carbons (Fsp3) is 0.133. The van der Waals surface area contributed by atoms with Gasteiger partial charge in [0.05, 0.1) is 6.61 Å². The molecule has 0 saturated carbocycles. The molecule has 18 heavy (non-hydrogen) atoms. The molecule has 0 saturated heterocycles. The largest absolute Gasteiger partial charge is 0.493 e. The number of benzene rings is 2. The maximum atomic E-state index is 8.41. The predicted octanol–water partition coefficient (Wildman–Crippen LogP) is 3.95. The molecule has 0 atom stereocenters. The van der Waals surface area contributed by atoms with Gasteiger partial charge in [0.25, 0.3) is 0 Å². The van der Waals surface area contributed by atoms with Crippen LogP contribution < -0.4 is 4.74 Å². The highest BCUT2D eigenvalue weighted by Crippen LogP contribution is 2.23. The highest BCUT2D eigenvalue weighted by Gasteiger charge is 1.99. The Hall–Kier alpha value is -1.92. The van der Waals surface area contributed by atoms with Crippen LogP contribution in [0.2, 0.25) is 0 Å². The molecular formula is C15H13NOS. The maximum absolute atomic E-state index is 8.41. The van der Waals surface area contributed by atoms with Gasteiger partial charge in [0.2, 0.25) is 0 Å². The van der Waals surface area contributed by atoms with Crippen molar-refractivity contribution in [2.75, 3.05) is 12.4 Å². The first-order chi connectivity index (χ1) is 8.90. The lowest BCUT2D eigenvalue weighted by Crippen LogP contribution is -1.99. The van der Waals surface area contributed by atoms with Gasteiger partial charge in [0, 0.05) is 5.75 Å². The zero-order valence-corrected chi connectivity index (χ0v) is 10.7. The van der Waals surface area contributed by atoms with Gasteiger partial charge >= 0.3 is 0 Å². The van der Waals surface area contributed by atoms with Crippen molar-refractivity contribution in [3.8, 4) is 22.3 Å². The molecule has 0 N–H and O–H groups in total. The SMILES string of the molecule is N#CSCCOc1cccc(-c2ccccc2)c1. The summed E-state index contributed by atoms with van der Waals surface area (Å²) in [6.07, 6.45) is 0. The average Bonchev–Trinajstić information content (AvgIpc) is 2.45. The first-order valence-electron chi connectivity index (χ1n) is 5.69. The van der Waals surface area contributed by atoms with Crippen molar-refractivity contribution in [1.82, 2.24) is 0 Å². The van der Waals surface area contributed by atoms with E-state index in [1.54, 1.807) is 0 Å². The predicted molar refractivity (Wildman–Crippen MR) is 75.4 cm³/mol. The van der Waals surface area contributed by atoms with Crippen molar-refractivity contribution in [2.24, 2.45) is 0 Å². The highest BCUT2D eigenvalue weighted by atomic mass is 32.2. The molecule has 3 heteroatoms. The van der Waals surface area contributed by atoms with Crippen molar-refractivity contribution >= 4 is 11.8 Å². The Morgan fingerprint density at radius 3 is 2.56 bits per heavy atom. The minimum absolute atomic E-state index is 0.552. The quantitative estimate of drug-likeness (QED) is 0.599. The molecule has 0 aliphatic carbocycles. The van der Waals surface area contributed by atoms with E-state index in [0.717, 1.165) is 11.3 Å². The van der Waals surface area contributed by atoms with E-state index in [1.165, 1.54) is 17.3 Å². The fourth-order valence-corrected chi connectivity index (χ4v) is 1.90. The number of hydrogen-bond acceptors (Lipinski definition) is 3. The number of nitrogens with zero attached hydrogens (tertiary/aromatic N) is 1. The van der Waals surface area contributed by atoms with Crippen LogP contribution in [0.1, 0.15) is 0 Å². The minimum atomic E-state index is 0.552. The fourth-order valence-electron chi connectivity index (χ4n) is 1.64. The summed E-state index contributed by atoms with van der Waals surface area (Å²) >= 11 is 1.21. The van der Waals surface area contributed by atoms with Crippen LogP contribution in [0.4, 0.5) is 0 Å². The van der Waals surface area contributed by atoms with E-state index in [1.807, 2.05) is 41.8 Å². The summed E-state index contributed by atoms with van der Waals surface area (Å²) in [5.41, 5.74) is 2.32. The van der Waals surface area contributed by atoms with Crippen molar-refractivity contribution in [3.05, 3.63) is 54.6 Å². The lowest BCUT2D eigenvalue weighted by Gasteiger charge is -2.07. The standard InChI is InChI=1S/C15H13NOS/c16-12-18-10-9-17-15-8-4-7-14(11-15)13-5-2-1-3-6-13/h1-8,11H,9-10H2. The summed E-state index contributed by atoms with van der Waals surface area (Å²) < 4.78 is 5.60. The summed E-state index contributed by atoms with van der Waals surface area (Å²) in [5.74, 6) is 1.53. The Morgan fingerprint density at radius 2 is 1.78 bits per heavy atom. The second kappa shape index (κ2) is 6.73. The maximum Gasteiger partial charge on any atom is 0.133 e.